The number of aliphatic carboxylic acids is 1. The fourth-order valence-electron chi connectivity index (χ4n) is 15.0. The average molecular weight is 1600 g/mol. The largest absolute Gasteiger partial charge is 0.477 e. The van der Waals surface area contributed by atoms with E-state index >= 15 is 0 Å². The van der Waals surface area contributed by atoms with Gasteiger partial charge in [0.1, 0.15) is 116 Å². The summed E-state index contributed by atoms with van der Waals surface area (Å²) < 4.78 is 60.2. The number of carboxylic acid groups (broad SMARTS) is 1. The first-order valence-corrected chi connectivity index (χ1v) is 41.1. The smallest absolute Gasteiger partial charge is 0.364 e. The molecule has 111 heavy (non-hydrogen) atoms. The van der Waals surface area contributed by atoms with E-state index < -0.39 is 235 Å². The zero-order valence-electron chi connectivity index (χ0n) is 65.6. The SMILES string of the molecule is CCCCCCCCCCCCCCCCCC=CC(O)C(COC1OC(CO)C(OC2OC(CO)C(OC3OC(CO)C(O)C(OC4OC(CO)C(O)C(O)C4O)C3NC(C)=O)C(OC3(C(=O)O)CC(O)C(NC(C)=O)C(C(O)C(O)CO)O3)C2O)C(O)C1O)NC(=O)CCCCCCCCCCCCCCCCC. The van der Waals surface area contributed by atoms with Gasteiger partial charge in [-0.1, -0.05) is 206 Å². The number of carboxylic acids is 1. The maximum Gasteiger partial charge on any atom is 0.364 e. The molecule has 28 atom stereocenters. The highest BCUT2D eigenvalue weighted by Gasteiger charge is 2.62. The molecule has 5 aliphatic rings. The van der Waals surface area contributed by atoms with Crippen molar-refractivity contribution in [2.24, 2.45) is 0 Å². The first kappa shape index (κ1) is 98.2. The van der Waals surface area contributed by atoms with E-state index in [1.807, 2.05) is 6.08 Å². The number of nitrogens with one attached hydrogen (secondary N) is 3. The summed E-state index contributed by atoms with van der Waals surface area (Å²) >= 11 is 0. The van der Waals surface area contributed by atoms with Gasteiger partial charge in [0.05, 0.1) is 63.9 Å². The molecule has 5 heterocycles. The van der Waals surface area contributed by atoms with E-state index in [2.05, 4.69) is 29.8 Å². The summed E-state index contributed by atoms with van der Waals surface area (Å²) in [5.74, 6) is -7.70. The van der Waals surface area contributed by atoms with E-state index in [1.165, 1.54) is 128 Å². The second-order valence-electron chi connectivity index (χ2n) is 30.7. The summed E-state index contributed by atoms with van der Waals surface area (Å²) in [6, 6.07) is -4.81. The van der Waals surface area contributed by atoms with Gasteiger partial charge in [-0.15, -0.1) is 0 Å². The van der Waals surface area contributed by atoms with Crippen molar-refractivity contribution in [3.05, 3.63) is 12.2 Å². The van der Waals surface area contributed by atoms with Crippen molar-refractivity contribution in [2.75, 3.05) is 39.6 Å². The normalized spacial score (nSPS) is 33.8. The topological polar surface area (TPSA) is 541 Å². The van der Waals surface area contributed by atoms with E-state index in [0.717, 1.165) is 71.6 Å². The lowest BCUT2D eigenvalue weighted by Gasteiger charge is -2.52. The summed E-state index contributed by atoms with van der Waals surface area (Å²) in [5, 5.41) is 197. The lowest BCUT2D eigenvalue weighted by Crippen LogP contribution is -2.72. The molecule has 0 spiro atoms. The number of ether oxygens (including phenoxy) is 10. The summed E-state index contributed by atoms with van der Waals surface area (Å²) in [6.07, 6.45) is -11.3. The highest BCUT2D eigenvalue weighted by Crippen LogP contribution is 2.41. The zero-order chi connectivity index (χ0) is 81.6. The van der Waals surface area contributed by atoms with Crippen LogP contribution in [-0.4, -0.2) is 321 Å². The Kier molecular flexibility index (Phi) is 47.0. The maximum atomic E-state index is 13.8. The number of rotatable bonds is 56. The van der Waals surface area contributed by atoms with Crippen LogP contribution >= 0.6 is 0 Å². The third kappa shape index (κ3) is 31.4. The second kappa shape index (κ2) is 53.1. The van der Waals surface area contributed by atoms with Crippen molar-refractivity contribution in [3.63, 3.8) is 0 Å². The third-order valence-corrected chi connectivity index (χ3v) is 21.6. The number of unbranched alkanes of at least 4 members (excludes halogenated alkanes) is 29. The van der Waals surface area contributed by atoms with Gasteiger partial charge in [0.25, 0.3) is 5.79 Å². The fourth-order valence-corrected chi connectivity index (χ4v) is 15.0. The Morgan fingerprint density at radius 3 is 1.39 bits per heavy atom. The van der Waals surface area contributed by atoms with Crippen LogP contribution in [0.2, 0.25) is 0 Å². The molecule has 5 rings (SSSR count). The molecule has 0 aromatic rings. The van der Waals surface area contributed by atoms with Gasteiger partial charge in [-0.05, 0) is 19.3 Å². The number of carbonyl (C=O) groups is 4. The molecule has 5 saturated heterocycles. The van der Waals surface area contributed by atoms with Gasteiger partial charge in [0.2, 0.25) is 17.7 Å². The van der Waals surface area contributed by atoms with Crippen LogP contribution < -0.4 is 16.0 Å². The van der Waals surface area contributed by atoms with E-state index in [-0.39, 0.29) is 12.3 Å². The number of hydrogen-bond donors (Lipinski definition) is 20. The molecule has 0 aliphatic carbocycles. The molecule has 34 heteroatoms. The van der Waals surface area contributed by atoms with Gasteiger partial charge in [0.15, 0.2) is 25.2 Å². The Hall–Kier alpha value is -3.42. The number of carbonyl (C=O) groups excluding carboxylic acids is 3. The minimum atomic E-state index is -3.38. The maximum absolute atomic E-state index is 13.8. The monoisotopic (exact) mass is 1600 g/mol. The van der Waals surface area contributed by atoms with Crippen LogP contribution in [0.4, 0.5) is 0 Å². The van der Waals surface area contributed by atoms with E-state index in [9.17, 15) is 106 Å². The van der Waals surface area contributed by atoms with E-state index in [4.69, 9.17) is 47.4 Å². The molecule has 5 fully saturated rings. The van der Waals surface area contributed by atoms with Crippen LogP contribution in [0, 0.1) is 0 Å². The zero-order valence-corrected chi connectivity index (χ0v) is 65.6. The van der Waals surface area contributed by atoms with Crippen molar-refractivity contribution in [2.45, 2.75) is 411 Å². The molecule has 0 aromatic heterocycles. The van der Waals surface area contributed by atoms with Gasteiger partial charge in [-0.2, -0.15) is 0 Å². The summed E-state index contributed by atoms with van der Waals surface area (Å²) in [6.45, 7) is 0.353. The van der Waals surface area contributed by atoms with Crippen molar-refractivity contribution < 1.29 is 153 Å². The quantitative estimate of drug-likeness (QED) is 0.0291. The van der Waals surface area contributed by atoms with Crippen LogP contribution in [0.3, 0.4) is 0 Å². The molecule has 3 amide bonds. The molecular weight excluding hydrogens is 1460 g/mol. The Balaban J connectivity index is 1.37. The lowest BCUT2D eigenvalue weighted by molar-refractivity contribution is -0.403. The number of allylic oxidation sites excluding steroid dienone is 1. The molecule has 0 radical (unpaired) electrons. The van der Waals surface area contributed by atoms with Crippen molar-refractivity contribution >= 4 is 23.7 Å². The Morgan fingerprint density at radius 1 is 0.468 bits per heavy atom. The lowest BCUT2D eigenvalue weighted by atomic mass is 9.88. The number of hydrogen-bond acceptors (Lipinski definition) is 30. The van der Waals surface area contributed by atoms with Gasteiger partial charge < -0.3 is 150 Å². The first-order valence-electron chi connectivity index (χ1n) is 41.1. The molecule has 34 nitrogen and oxygen atoms in total. The van der Waals surface area contributed by atoms with Crippen LogP contribution in [0.15, 0.2) is 12.2 Å². The minimum absolute atomic E-state index is 0.135. The second-order valence-corrected chi connectivity index (χ2v) is 30.7. The number of amides is 3. The first-order chi connectivity index (χ1) is 53.3. The Morgan fingerprint density at radius 2 is 0.892 bits per heavy atom. The Labute approximate surface area is 653 Å². The van der Waals surface area contributed by atoms with E-state index in [1.54, 1.807) is 6.08 Å². The van der Waals surface area contributed by atoms with Crippen molar-refractivity contribution in [1.82, 2.24) is 16.0 Å². The molecule has 0 bridgehead atoms. The standard InChI is InChI=1S/C77H139N3O31/c1-5-7-9-11-13-15-17-19-21-22-24-25-27-29-31-33-35-37-49(88)48(80-56(91)38-36-34-32-30-28-26-23-20-18-16-14-12-10-8-6-2)45-102-73-65(98)63(96)67(54(43-84)105-73)107-75-66(99)71(111-77(76(100)101)39-50(89)57(78-46(3)86)70(110-77)59(92)51(90)40-81)68(55(44-85)106-75)108-72-58(79-47(4)87)69(61(94)53(42-83)103-72)109-74-64(97)62(95)60(93)52(41-82)104-74/h35,37,48-55,57-75,81-85,88-90,92-99H,5-34,36,38-45H2,1-4H3,(H,78,86)(H,79,87)(H,80,91)(H,100,101). The fraction of sp³-hybridized carbons (Fsp3) is 0.922. The summed E-state index contributed by atoms with van der Waals surface area (Å²) in [7, 11) is 0. The number of aliphatic hydroxyl groups excluding tert-OH is 16. The van der Waals surface area contributed by atoms with Crippen LogP contribution in [0.25, 0.3) is 0 Å². The molecule has 5 aliphatic heterocycles. The van der Waals surface area contributed by atoms with E-state index in [0.29, 0.717) is 12.8 Å². The van der Waals surface area contributed by atoms with Crippen molar-refractivity contribution in [1.29, 1.82) is 0 Å². The van der Waals surface area contributed by atoms with Gasteiger partial charge in [0, 0.05) is 26.7 Å². The van der Waals surface area contributed by atoms with Crippen LogP contribution in [0.1, 0.15) is 240 Å². The molecule has 0 saturated carbocycles. The number of aliphatic hydroxyl groups is 16. The highest BCUT2D eigenvalue weighted by molar-refractivity contribution is 5.77. The average Bonchev–Trinajstić information content (AvgIpc) is 0.734. The molecule has 28 unspecified atom stereocenters. The van der Waals surface area contributed by atoms with Crippen LogP contribution in [-0.2, 0) is 66.5 Å². The van der Waals surface area contributed by atoms with Crippen LogP contribution in [0.5, 0.6) is 0 Å². The summed E-state index contributed by atoms with van der Waals surface area (Å²) in [4.78, 5) is 53.1. The predicted octanol–water partition coefficient (Wildman–Crippen LogP) is 0.518. The van der Waals surface area contributed by atoms with Gasteiger partial charge in [-0.3, -0.25) is 14.4 Å². The highest BCUT2D eigenvalue weighted by atomic mass is 16.8. The Bertz CT molecular complexity index is 2570. The molecule has 20 N–H and O–H groups in total. The molecular formula is C77H139N3O31. The predicted molar refractivity (Wildman–Crippen MR) is 397 cm³/mol. The minimum Gasteiger partial charge on any atom is -0.477 e. The third-order valence-electron chi connectivity index (χ3n) is 21.6. The molecule has 0 aromatic carbocycles. The van der Waals surface area contributed by atoms with Gasteiger partial charge in [-0.25, -0.2) is 4.79 Å². The van der Waals surface area contributed by atoms with Crippen molar-refractivity contribution in [3.8, 4) is 0 Å². The summed E-state index contributed by atoms with van der Waals surface area (Å²) in [5.41, 5.74) is 0. The molecule has 648 valence electrons. The van der Waals surface area contributed by atoms with Gasteiger partial charge >= 0.3 is 5.97 Å².